The van der Waals surface area contributed by atoms with E-state index in [0.29, 0.717) is 22.7 Å². The van der Waals surface area contributed by atoms with Crippen LogP contribution in [-0.4, -0.2) is 11.2 Å². The van der Waals surface area contributed by atoms with E-state index in [9.17, 15) is 5.11 Å². The Morgan fingerprint density at radius 3 is 2.45 bits per heavy atom. The SMILES string of the molecule is CC(C)[C@@H](C)/C=C/[C@@H](C)[C@@H]1CC[C@H]2[C@@H]3CC=C4C[C@@H](O)CC[C@]4(C)[C@@H]3CC[C@]21C. The molecule has 3 saturated carbocycles. The van der Waals surface area contributed by atoms with E-state index in [1.165, 1.54) is 38.5 Å². The lowest BCUT2D eigenvalue weighted by atomic mass is 9.47. The Morgan fingerprint density at radius 2 is 1.72 bits per heavy atom. The molecule has 0 aromatic rings. The first kappa shape index (κ1) is 21.7. The highest BCUT2D eigenvalue weighted by Gasteiger charge is 2.58. The minimum Gasteiger partial charge on any atom is -0.393 e. The molecule has 1 nitrogen and oxygen atoms in total. The van der Waals surface area contributed by atoms with Gasteiger partial charge in [0.05, 0.1) is 6.10 Å². The van der Waals surface area contributed by atoms with Crippen molar-refractivity contribution in [2.24, 2.45) is 52.3 Å². The minimum absolute atomic E-state index is 0.0866. The molecule has 1 N–H and O–H groups in total. The second-order valence-corrected chi connectivity index (χ2v) is 12.2. The van der Waals surface area contributed by atoms with Gasteiger partial charge in [-0.1, -0.05) is 65.3 Å². The van der Waals surface area contributed by atoms with Crippen LogP contribution in [0.15, 0.2) is 23.8 Å². The van der Waals surface area contributed by atoms with Gasteiger partial charge < -0.3 is 5.11 Å². The van der Waals surface area contributed by atoms with E-state index >= 15 is 0 Å². The molecule has 0 aromatic carbocycles. The van der Waals surface area contributed by atoms with Crippen LogP contribution < -0.4 is 0 Å². The lowest BCUT2D eigenvalue weighted by molar-refractivity contribution is -0.0540. The van der Waals surface area contributed by atoms with Crippen molar-refractivity contribution < 1.29 is 5.11 Å². The van der Waals surface area contributed by atoms with Gasteiger partial charge in [0.15, 0.2) is 0 Å². The van der Waals surface area contributed by atoms with E-state index < -0.39 is 0 Å². The first-order valence-corrected chi connectivity index (χ1v) is 12.7. The van der Waals surface area contributed by atoms with Gasteiger partial charge in [0.1, 0.15) is 0 Å². The Labute approximate surface area is 180 Å². The van der Waals surface area contributed by atoms with Crippen molar-refractivity contribution in [1.82, 2.24) is 0 Å². The quantitative estimate of drug-likeness (QED) is 0.489. The second kappa shape index (κ2) is 7.85. The van der Waals surface area contributed by atoms with Crippen molar-refractivity contribution in [2.45, 2.75) is 99.0 Å². The summed E-state index contributed by atoms with van der Waals surface area (Å²) in [5, 5.41) is 10.2. The van der Waals surface area contributed by atoms with Crippen LogP contribution in [0, 0.1) is 52.3 Å². The van der Waals surface area contributed by atoms with Crippen LogP contribution in [0.2, 0.25) is 0 Å². The zero-order valence-corrected chi connectivity index (χ0v) is 20.0. The maximum Gasteiger partial charge on any atom is 0.0577 e. The largest absolute Gasteiger partial charge is 0.393 e. The predicted octanol–water partition coefficient (Wildman–Crippen LogP) is 7.41. The molecule has 164 valence electrons. The fourth-order valence-corrected chi connectivity index (χ4v) is 8.25. The fraction of sp³-hybridized carbons (Fsp3) is 0.857. The van der Waals surface area contributed by atoms with E-state index in [4.69, 9.17) is 0 Å². The third-order valence-corrected chi connectivity index (χ3v) is 10.6. The summed E-state index contributed by atoms with van der Waals surface area (Å²) in [6.45, 7) is 14.7. The Bertz CT molecular complexity index is 659. The smallest absolute Gasteiger partial charge is 0.0577 e. The molecular formula is C28H46O. The molecule has 0 unspecified atom stereocenters. The van der Waals surface area contributed by atoms with Crippen molar-refractivity contribution >= 4 is 0 Å². The van der Waals surface area contributed by atoms with Crippen LogP contribution in [0.5, 0.6) is 0 Å². The first-order chi connectivity index (χ1) is 13.7. The van der Waals surface area contributed by atoms with Gasteiger partial charge >= 0.3 is 0 Å². The molecule has 0 heterocycles. The molecule has 4 rings (SSSR count). The molecule has 9 atom stereocenters. The number of rotatable bonds is 4. The Balaban J connectivity index is 1.53. The summed E-state index contributed by atoms with van der Waals surface area (Å²) in [6.07, 6.45) is 17.7. The summed E-state index contributed by atoms with van der Waals surface area (Å²) in [4.78, 5) is 0. The van der Waals surface area contributed by atoms with Crippen LogP contribution in [-0.2, 0) is 0 Å². The van der Waals surface area contributed by atoms with Gasteiger partial charge in [-0.25, -0.2) is 0 Å². The highest BCUT2D eigenvalue weighted by Crippen LogP contribution is 2.67. The van der Waals surface area contributed by atoms with E-state index in [-0.39, 0.29) is 6.10 Å². The monoisotopic (exact) mass is 398 g/mol. The fourth-order valence-electron chi connectivity index (χ4n) is 8.25. The summed E-state index contributed by atoms with van der Waals surface area (Å²) in [5.74, 6) is 5.63. The van der Waals surface area contributed by atoms with Crippen molar-refractivity contribution in [2.75, 3.05) is 0 Å². The topological polar surface area (TPSA) is 20.2 Å². The van der Waals surface area contributed by atoms with Gasteiger partial charge in [0.25, 0.3) is 0 Å². The van der Waals surface area contributed by atoms with Gasteiger partial charge in [0.2, 0.25) is 0 Å². The van der Waals surface area contributed by atoms with Crippen LogP contribution in [0.4, 0.5) is 0 Å². The van der Waals surface area contributed by atoms with Gasteiger partial charge in [-0.3, -0.25) is 0 Å². The summed E-state index contributed by atoms with van der Waals surface area (Å²) in [6, 6.07) is 0. The Morgan fingerprint density at radius 1 is 0.966 bits per heavy atom. The maximum atomic E-state index is 10.2. The van der Waals surface area contributed by atoms with E-state index in [1.807, 2.05) is 0 Å². The first-order valence-electron chi connectivity index (χ1n) is 12.7. The highest BCUT2D eigenvalue weighted by atomic mass is 16.3. The molecule has 0 bridgehead atoms. The summed E-state index contributed by atoms with van der Waals surface area (Å²) < 4.78 is 0. The van der Waals surface area contributed by atoms with E-state index in [2.05, 4.69) is 59.8 Å². The number of hydrogen-bond acceptors (Lipinski definition) is 1. The third kappa shape index (κ3) is 3.58. The molecular weight excluding hydrogens is 352 g/mol. The van der Waals surface area contributed by atoms with Gasteiger partial charge in [-0.2, -0.15) is 0 Å². The average Bonchev–Trinajstić information content (AvgIpc) is 3.03. The van der Waals surface area contributed by atoms with Crippen LogP contribution in [0.3, 0.4) is 0 Å². The molecule has 29 heavy (non-hydrogen) atoms. The van der Waals surface area contributed by atoms with E-state index in [1.54, 1.807) is 5.57 Å². The zero-order valence-electron chi connectivity index (χ0n) is 20.0. The number of fused-ring (bicyclic) bond motifs is 5. The number of aliphatic hydroxyl groups excluding tert-OH is 1. The minimum atomic E-state index is -0.0866. The molecule has 1 heteroatoms. The average molecular weight is 399 g/mol. The molecule has 4 aliphatic rings. The molecule has 0 radical (unpaired) electrons. The number of aliphatic hydroxyl groups is 1. The highest BCUT2D eigenvalue weighted by molar-refractivity contribution is 5.25. The van der Waals surface area contributed by atoms with Crippen LogP contribution in [0.1, 0.15) is 92.9 Å². The van der Waals surface area contributed by atoms with Gasteiger partial charge in [-0.15, -0.1) is 0 Å². The van der Waals surface area contributed by atoms with Gasteiger partial charge in [0, 0.05) is 0 Å². The predicted molar refractivity (Wildman–Crippen MR) is 124 cm³/mol. The normalized spacial score (nSPS) is 46.8. The van der Waals surface area contributed by atoms with Crippen molar-refractivity contribution in [3.63, 3.8) is 0 Å². The van der Waals surface area contributed by atoms with Crippen molar-refractivity contribution in [1.29, 1.82) is 0 Å². The summed E-state index contributed by atoms with van der Waals surface area (Å²) >= 11 is 0. The molecule has 3 fully saturated rings. The van der Waals surface area contributed by atoms with Gasteiger partial charge in [-0.05, 0) is 104 Å². The summed E-state index contributed by atoms with van der Waals surface area (Å²) in [7, 11) is 0. The Kier molecular flexibility index (Phi) is 5.86. The molecule has 0 spiro atoms. The third-order valence-electron chi connectivity index (χ3n) is 10.6. The standard InChI is InChI=1S/C28H46O/c1-18(2)19(3)7-8-20(4)24-11-12-25-23-10-9-21-17-22(29)13-15-27(21,5)26(23)14-16-28(24,25)6/h7-9,18-20,22-26,29H,10-17H2,1-6H3/b8-7+/t19-,20+,22-,23-,24-,25-,26+,27-,28-/m0/s1. The molecule has 0 aromatic heterocycles. The van der Waals surface area contributed by atoms with E-state index in [0.717, 1.165) is 42.4 Å². The maximum absolute atomic E-state index is 10.2. The van der Waals surface area contributed by atoms with Crippen LogP contribution >= 0.6 is 0 Å². The lowest BCUT2D eigenvalue weighted by Crippen LogP contribution is -2.50. The second-order valence-electron chi connectivity index (χ2n) is 12.2. The van der Waals surface area contributed by atoms with Crippen molar-refractivity contribution in [3.05, 3.63) is 23.8 Å². The number of hydrogen-bond donors (Lipinski definition) is 1. The Hall–Kier alpha value is -0.560. The number of allylic oxidation sites excluding steroid dienone is 3. The zero-order chi connectivity index (χ0) is 21.0. The lowest BCUT2D eigenvalue weighted by Gasteiger charge is -2.58. The molecule has 0 aliphatic heterocycles. The molecule has 0 saturated heterocycles. The molecule has 0 amide bonds. The molecule has 4 aliphatic carbocycles. The van der Waals surface area contributed by atoms with Crippen molar-refractivity contribution in [3.8, 4) is 0 Å². The summed E-state index contributed by atoms with van der Waals surface area (Å²) in [5.41, 5.74) is 2.51. The van der Waals surface area contributed by atoms with Crippen LogP contribution in [0.25, 0.3) is 0 Å².